The molecule has 0 unspecified atom stereocenters. The summed E-state index contributed by atoms with van der Waals surface area (Å²) >= 11 is 0. The number of nitrogens with zero attached hydrogens (tertiary/aromatic N) is 3. The van der Waals surface area contributed by atoms with Gasteiger partial charge in [-0.15, -0.1) is 0 Å². The van der Waals surface area contributed by atoms with Crippen molar-refractivity contribution >= 4 is 0 Å². The Labute approximate surface area is 152 Å². The molecular weight excluding hydrogens is 328 g/mol. The maximum absolute atomic E-state index is 5.94. The van der Waals surface area contributed by atoms with Crippen LogP contribution in [-0.2, 0) is 24.4 Å². The summed E-state index contributed by atoms with van der Waals surface area (Å²) in [5.74, 6) is 1.82. The molecule has 0 spiro atoms. The van der Waals surface area contributed by atoms with Crippen LogP contribution in [-0.4, -0.2) is 34.3 Å². The molecule has 134 valence electrons. The molecule has 26 heavy (non-hydrogen) atoms. The SMILES string of the molecule is COc1ccc(-c2cn3c(n2)CO[C@@H](CNCc2ccccn2)C3)cc1. The van der Waals surface area contributed by atoms with E-state index in [-0.39, 0.29) is 6.10 Å². The van der Waals surface area contributed by atoms with Gasteiger partial charge in [0.1, 0.15) is 18.2 Å². The number of benzene rings is 1. The van der Waals surface area contributed by atoms with Crippen LogP contribution in [0.3, 0.4) is 0 Å². The first-order valence-corrected chi connectivity index (χ1v) is 8.74. The Hall–Kier alpha value is -2.70. The molecule has 1 N–H and O–H groups in total. The van der Waals surface area contributed by atoms with Crippen molar-refractivity contribution in [1.82, 2.24) is 19.9 Å². The molecule has 0 bridgehead atoms. The van der Waals surface area contributed by atoms with E-state index in [0.717, 1.165) is 48.2 Å². The van der Waals surface area contributed by atoms with Crippen LogP contribution in [0.25, 0.3) is 11.3 Å². The Bertz CT molecular complexity index is 846. The highest BCUT2D eigenvalue weighted by Crippen LogP contribution is 2.24. The Morgan fingerprint density at radius 3 is 2.88 bits per heavy atom. The van der Waals surface area contributed by atoms with Crippen molar-refractivity contribution in [2.24, 2.45) is 0 Å². The number of fused-ring (bicyclic) bond motifs is 1. The van der Waals surface area contributed by atoms with Crippen LogP contribution < -0.4 is 10.1 Å². The zero-order valence-electron chi connectivity index (χ0n) is 14.8. The number of nitrogens with one attached hydrogen (secondary N) is 1. The predicted octanol–water partition coefficient (Wildman–Crippen LogP) is 2.64. The van der Waals surface area contributed by atoms with Crippen LogP contribution in [0.4, 0.5) is 0 Å². The van der Waals surface area contributed by atoms with Crippen molar-refractivity contribution < 1.29 is 9.47 Å². The molecule has 1 aliphatic heterocycles. The molecule has 6 nitrogen and oxygen atoms in total. The lowest BCUT2D eigenvalue weighted by Gasteiger charge is -2.24. The topological polar surface area (TPSA) is 61.2 Å². The Morgan fingerprint density at radius 1 is 1.23 bits per heavy atom. The average molecular weight is 350 g/mol. The van der Waals surface area contributed by atoms with E-state index in [4.69, 9.17) is 14.5 Å². The first-order chi connectivity index (χ1) is 12.8. The number of pyridine rings is 1. The van der Waals surface area contributed by atoms with Gasteiger partial charge in [-0.1, -0.05) is 6.07 Å². The first-order valence-electron chi connectivity index (χ1n) is 8.74. The lowest BCUT2D eigenvalue weighted by molar-refractivity contribution is 0.00274. The van der Waals surface area contributed by atoms with Crippen LogP contribution in [0.15, 0.2) is 54.9 Å². The van der Waals surface area contributed by atoms with Gasteiger partial charge in [0.05, 0.1) is 31.1 Å². The van der Waals surface area contributed by atoms with E-state index in [1.807, 2.05) is 48.7 Å². The van der Waals surface area contributed by atoms with Gasteiger partial charge >= 0.3 is 0 Å². The van der Waals surface area contributed by atoms with Gasteiger partial charge in [-0.25, -0.2) is 4.98 Å². The third-order valence-electron chi connectivity index (χ3n) is 4.50. The zero-order chi connectivity index (χ0) is 17.8. The minimum Gasteiger partial charge on any atom is -0.497 e. The molecule has 1 aromatic carbocycles. The number of rotatable bonds is 6. The van der Waals surface area contributed by atoms with Crippen molar-refractivity contribution in [3.8, 4) is 17.0 Å². The monoisotopic (exact) mass is 350 g/mol. The van der Waals surface area contributed by atoms with Crippen molar-refractivity contribution in [1.29, 1.82) is 0 Å². The van der Waals surface area contributed by atoms with E-state index >= 15 is 0 Å². The normalized spacial score (nSPS) is 16.3. The standard InChI is InChI=1S/C20H22N4O2/c1-25-17-7-5-15(6-8-17)19-13-24-12-18(26-14-20(24)23-19)11-21-10-16-4-2-3-9-22-16/h2-9,13,18,21H,10-12,14H2,1H3/t18-/m0/s1. The molecule has 4 rings (SSSR count). The molecule has 3 aromatic rings. The molecule has 0 saturated heterocycles. The third-order valence-corrected chi connectivity index (χ3v) is 4.50. The minimum atomic E-state index is 0.129. The molecule has 3 heterocycles. The maximum Gasteiger partial charge on any atom is 0.135 e. The lowest BCUT2D eigenvalue weighted by atomic mass is 10.2. The summed E-state index contributed by atoms with van der Waals surface area (Å²) in [5.41, 5.74) is 3.08. The molecule has 0 radical (unpaired) electrons. The second-order valence-electron chi connectivity index (χ2n) is 6.31. The molecule has 0 fully saturated rings. The first kappa shape index (κ1) is 16.8. The van der Waals surface area contributed by atoms with Gasteiger partial charge in [0.15, 0.2) is 0 Å². The van der Waals surface area contributed by atoms with Crippen molar-refractivity contribution in [3.05, 3.63) is 66.4 Å². The molecule has 0 aliphatic carbocycles. The number of hydrogen-bond acceptors (Lipinski definition) is 5. The maximum atomic E-state index is 5.94. The summed E-state index contributed by atoms with van der Waals surface area (Å²) in [6, 6.07) is 13.9. The van der Waals surface area contributed by atoms with Crippen molar-refractivity contribution in [3.63, 3.8) is 0 Å². The number of aromatic nitrogens is 3. The number of imidazole rings is 1. The van der Waals surface area contributed by atoms with E-state index in [9.17, 15) is 0 Å². The molecule has 0 amide bonds. The highest BCUT2D eigenvalue weighted by Gasteiger charge is 2.21. The largest absolute Gasteiger partial charge is 0.497 e. The summed E-state index contributed by atoms with van der Waals surface area (Å²) in [6.45, 7) is 2.86. The molecule has 6 heteroatoms. The van der Waals surface area contributed by atoms with E-state index in [0.29, 0.717) is 6.61 Å². The van der Waals surface area contributed by atoms with Crippen LogP contribution in [0.5, 0.6) is 5.75 Å². The minimum absolute atomic E-state index is 0.129. The fraction of sp³-hybridized carbons (Fsp3) is 0.300. The Balaban J connectivity index is 1.37. The highest BCUT2D eigenvalue weighted by molar-refractivity contribution is 5.59. The van der Waals surface area contributed by atoms with Crippen LogP contribution in [0.1, 0.15) is 11.5 Å². The zero-order valence-corrected chi connectivity index (χ0v) is 14.8. The Kier molecular flexibility index (Phi) is 4.95. The second kappa shape index (κ2) is 7.68. The van der Waals surface area contributed by atoms with Crippen molar-refractivity contribution in [2.45, 2.75) is 25.8 Å². The van der Waals surface area contributed by atoms with Crippen LogP contribution in [0.2, 0.25) is 0 Å². The second-order valence-corrected chi connectivity index (χ2v) is 6.31. The van der Waals surface area contributed by atoms with E-state index < -0.39 is 0 Å². The molecule has 0 saturated carbocycles. The number of hydrogen-bond donors (Lipinski definition) is 1. The van der Waals surface area contributed by atoms with Crippen molar-refractivity contribution in [2.75, 3.05) is 13.7 Å². The van der Waals surface area contributed by atoms with Gasteiger partial charge in [-0.2, -0.15) is 0 Å². The van der Waals surface area contributed by atoms with Gasteiger partial charge < -0.3 is 19.4 Å². The average Bonchev–Trinajstić information content (AvgIpc) is 3.12. The highest BCUT2D eigenvalue weighted by atomic mass is 16.5. The fourth-order valence-corrected chi connectivity index (χ4v) is 3.08. The molecule has 1 aliphatic rings. The summed E-state index contributed by atoms with van der Waals surface area (Å²) in [5, 5.41) is 3.42. The van der Waals surface area contributed by atoms with Gasteiger partial charge in [0.25, 0.3) is 0 Å². The smallest absolute Gasteiger partial charge is 0.135 e. The van der Waals surface area contributed by atoms with E-state index in [1.165, 1.54) is 0 Å². The summed E-state index contributed by atoms with van der Waals surface area (Å²) in [7, 11) is 1.67. The summed E-state index contributed by atoms with van der Waals surface area (Å²) in [4.78, 5) is 9.02. The Morgan fingerprint density at radius 2 is 2.12 bits per heavy atom. The molecule has 1 atom stereocenters. The summed E-state index contributed by atoms with van der Waals surface area (Å²) in [6.07, 6.45) is 4.04. The number of methoxy groups -OCH3 is 1. The lowest BCUT2D eigenvalue weighted by Crippen LogP contribution is -2.36. The molecular formula is C20H22N4O2. The van der Waals surface area contributed by atoms with Gasteiger partial charge in [-0.3, -0.25) is 4.98 Å². The van der Waals surface area contributed by atoms with Gasteiger partial charge in [-0.05, 0) is 36.4 Å². The summed E-state index contributed by atoms with van der Waals surface area (Å²) < 4.78 is 13.3. The molecule has 2 aromatic heterocycles. The predicted molar refractivity (Wildman–Crippen MR) is 98.7 cm³/mol. The number of ether oxygens (including phenoxy) is 2. The van der Waals surface area contributed by atoms with Crippen LogP contribution >= 0.6 is 0 Å². The third kappa shape index (κ3) is 3.76. The van der Waals surface area contributed by atoms with Gasteiger partial charge in [0.2, 0.25) is 0 Å². The van der Waals surface area contributed by atoms with E-state index in [1.54, 1.807) is 7.11 Å². The quantitative estimate of drug-likeness (QED) is 0.741. The van der Waals surface area contributed by atoms with Gasteiger partial charge in [0, 0.05) is 31.0 Å². The van der Waals surface area contributed by atoms with E-state index in [2.05, 4.69) is 21.1 Å². The van der Waals surface area contributed by atoms with Crippen LogP contribution in [0, 0.1) is 0 Å². The fourth-order valence-electron chi connectivity index (χ4n) is 3.08.